The smallest absolute Gasteiger partial charge is 0.0164 e. The Bertz CT molecular complexity index is 49.9. The van der Waals surface area contributed by atoms with Gasteiger partial charge in [0.25, 0.3) is 0 Å². The monoisotopic (exact) mass is 102 g/mol. The molecule has 0 unspecified atom stereocenters. The summed E-state index contributed by atoms with van der Waals surface area (Å²) in [4.78, 5) is 0. The number of rotatable bonds is 1. The van der Waals surface area contributed by atoms with Gasteiger partial charge in [0.1, 0.15) is 0 Å². The Morgan fingerprint density at radius 3 is 2.17 bits per heavy atom. The lowest BCUT2D eigenvalue weighted by molar-refractivity contribution is 0.894. The van der Waals surface area contributed by atoms with E-state index >= 15 is 0 Å². The molecule has 1 rings (SSSR count). The van der Waals surface area contributed by atoms with Crippen LogP contribution in [0.2, 0.25) is 0 Å². The van der Waals surface area contributed by atoms with Gasteiger partial charge in [-0.2, -0.15) is 11.8 Å². The summed E-state index contributed by atoms with van der Waals surface area (Å²) < 4.78 is 0. The van der Waals surface area contributed by atoms with Gasteiger partial charge in [-0.15, -0.1) is 0 Å². The second-order valence-corrected chi connectivity index (χ2v) is 3.41. The van der Waals surface area contributed by atoms with E-state index in [1.54, 1.807) is 0 Å². The number of hydrogen-bond donors (Lipinski definition) is 0. The molecule has 36 valence electrons. The summed E-state index contributed by atoms with van der Waals surface area (Å²) >= 11 is 2.09. The summed E-state index contributed by atoms with van der Waals surface area (Å²) in [7, 11) is 0. The quantitative estimate of drug-likeness (QED) is 0.456. The van der Waals surface area contributed by atoms with Crippen LogP contribution in [-0.2, 0) is 0 Å². The fraction of sp³-hybridized carbons (Fsp3) is 1.00. The lowest BCUT2D eigenvalue weighted by Crippen LogP contribution is -1.81. The van der Waals surface area contributed by atoms with Gasteiger partial charge in [0.15, 0.2) is 0 Å². The minimum atomic E-state index is 0.981. The zero-order valence-corrected chi connectivity index (χ0v) is 5.09. The van der Waals surface area contributed by atoms with E-state index in [9.17, 15) is 0 Å². The van der Waals surface area contributed by atoms with E-state index in [1.807, 2.05) is 0 Å². The Labute approximate surface area is 43.3 Å². The van der Waals surface area contributed by atoms with Crippen molar-refractivity contribution in [3.8, 4) is 0 Å². The van der Waals surface area contributed by atoms with Gasteiger partial charge in [0.2, 0.25) is 0 Å². The van der Waals surface area contributed by atoms with Crippen molar-refractivity contribution in [1.29, 1.82) is 0 Å². The molecule has 6 heavy (non-hydrogen) atoms. The van der Waals surface area contributed by atoms with Crippen molar-refractivity contribution in [2.75, 3.05) is 0 Å². The van der Waals surface area contributed by atoms with Gasteiger partial charge in [-0.1, -0.05) is 13.8 Å². The number of hydrogen-bond acceptors (Lipinski definition) is 1. The highest BCUT2D eigenvalue weighted by molar-refractivity contribution is 8.07. The Morgan fingerprint density at radius 2 is 2.17 bits per heavy atom. The molecule has 1 heterocycles. The van der Waals surface area contributed by atoms with Gasteiger partial charge in [-0.25, -0.2) is 0 Å². The Hall–Kier alpha value is 0.350. The van der Waals surface area contributed by atoms with Crippen LogP contribution in [0.4, 0.5) is 0 Å². The minimum Gasteiger partial charge on any atom is -0.153 e. The Morgan fingerprint density at radius 1 is 1.67 bits per heavy atom. The molecule has 1 saturated heterocycles. The molecule has 1 aliphatic heterocycles. The van der Waals surface area contributed by atoms with Crippen molar-refractivity contribution in [3.05, 3.63) is 0 Å². The molecule has 0 spiro atoms. The highest BCUT2D eigenvalue weighted by Gasteiger charge is 2.30. The molecule has 0 bridgehead atoms. The van der Waals surface area contributed by atoms with E-state index < -0.39 is 0 Å². The maximum absolute atomic E-state index is 2.29. The van der Waals surface area contributed by atoms with Gasteiger partial charge in [-0.05, 0) is 6.42 Å². The molecule has 0 N–H and O–H groups in total. The molecule has 2 atom stereocenters. The Balaban J connectivity index is 2.09. The molecular weight excluding hydrogens is 92.1 g/mol. The predicted molar refractivity (Wildman–Crippen MR) is 31.1 cm³/mol. The zero-order valence-electron chi connectivity index (χ0n) is 4.27. The van der Waals surface area contributed by atoms with Crippen molar-refractivity contribution in [1.82, 2.24) is 0 Å². The van der Waals surface area contributed by atoms with E-state index in [-0.39, 0.29) is 0 Å². The first-order valence-corrected chi connectivity index (χ1v) is 3.44. The summed E-state index contributed by atoms with van der Waals surface area (Å²) in [5.41, 5.74) is 0. The standard InChI is InChI=1S/C5H10S/c1-3-5-4(2)6-5/h4-5H,3H2,1-2H3/t4-,5+/m0/s1. The molecule has 1 heteroatoms. The summed E-state index contributed by atoms with van der Waals surface area (Å²) in [5, 5.41) is 2.00. The molecule has 0 aliphatic carbocycles. The first kappa shape index (κ1) is 4.51. The molecule has 0 aromatic rings. The van der Waals surface area contributed by atoms with Gasteiger partial charge in [0.05, 0.1) is 0 Å². The molecule has 0 radical (unpaired) electrons. The molecular formula is C5H10S. The summed E-state index contributed by atoms with van der Waals surface area (Å²) in [5.74, 6) is 0. The van der Waals surface area contributed by atoms with E-state index in [0.717, 1.165) is 10.5 Å². The van der Waals surface area contributed by atoms with Crippen LogP contribution in [0, 0.1) is 0 Å². The highest BCUT2D eigenvalue weighted by atomic mass is 32.2. The molecule has 0 amide bonds. The fourth-order valence-corrected chi connectivity index (χ4v) is 1.50. The predicted octanol–water partition coefficient (Wildman–Crippen LogP) is 1.90. The molecule has 1 fully saturated rings. The van der Waals surface area contributed by atoms with Crippen LogP contribution >= 0.6 is 11.8 Å². The fourth-order valence-electron chi connectivity index (χ4n) is 0.659. The van der Waals surface area contributed by atoms with Crippen molar-refractivity contribution in [2.24, 2.45) is 0 Å². The molecule has 1 aliphatic rings. The lowest BCUT2D eigenvalue weighted by atomic mass is 10.3. The van der Waals surface area contributed by atoms with Crippen LogP contribution in [0.15, 0.2) is 0 Å². The second kappa shape index (κ2) is 1.45. The number of thioether (sulfide) groups is 1. The average molecular weight is 102 g/mol. The van der Waals surface area contributed by atoms with Gasteiger partial charge >= 0.3 is 0 Å². The third kappa shape index (κ3) is 0.700. The van der Waals surface area contributed by atoms with Crippen molar-refractivity contribution in [3.63, 3.8) is 0 Å². The maximum Gasteiger partial charge on any atom is 0.0164 e. The van der Waals surface area contributed by atoms with Crippen LogP contribution in [0.25, 0.3) is 0 Å². The van der Waals surface area contributed by atoms with Gasteiger partial charge in [-0.3, -0.25) is 0 Å². The third-order valence-electron chi connectivity index (χ3n) is 1.24. The highest BCUT2D eigenvalue weighted by Crippen LogP contribution is 2.42. The van der Waals surface area contributed by atoms with Crippen LogP contribution in [0.3, 0.4) is 0 Å². The summed E-state index contributed by atoms with van der Waals surface area (Å²) in [6.07, 6.45) is 1.37. The molecule has 0 aromatic heterocycles. The van der Waals surface area contributed by atoms with E-state index in [0.29, 0.717) is 0 Å². The largest absolute Gasteiger partial charge is 0.153 e. The molecule has 0 aromatic carbocycles. The average Bonchev–Trinajstić information content (AvgIpc) is 2.19. The van der Waals surface area contributed by atoms with Crippen molar-refractivity contribution in [2.45, 2.75) is 30.8 Å². The van der Waals surface area contributed by atoms with Crippen LogP contribution in [0.1, 0.15) is 20.3 Å². The second-order valence-electron chi connectivity index (χ2n) is 1.79. The van der Waals surface area contributed by atoms with E-state index in [2.05, 4.69) is 25.6 Å². The van der Waals surface area contributed by atoms with Crippen LogP contribution in [0.5, 0.6) is 0 Å². The normalized spacial score (nSPS) is 43.0. The Kier molecular flexibility index (Phi) is 1.09. The summed E-state index contributed by atoms with van der Waals surface area (Å²) in [6.45, 7) is 4.54. The molecule has 0 nitrogen and oxygen atoms in total. The first-order valence-electron chi connectivity index (χ1n) is 2.50. The molecule has 0 saturated carbocycles. The first-order chi connectivity index (χ1) is 2.84. The topological polar surface area (TPSA) is 0 Å². The minimum absolute atomic E-state index is 0.981. The maximum atomic E-state index is 2.29. The van der Waals surface area contributed by atoms with Crippen LogP contribution in [-0.4, -0.2) is 10.5 Å². The summed E-state index contributed by atoms with van der Waals surface area (Å²) in [6, 6.07) is 0. The third-order valence-corrected chi connectivity index (χ3v) is 2.77. The van der Waals surface area contributed by atoms with Crippen molar-refractivity contribution < 1.29 is 0 Å². The zero-order chi connectivity index (χ0) is 4.57. The van der Waals surface area contributed by atoms with Gasteiger partial charge in [0, 0.05) is 10.5 Å². The van der Waals surface area contributed by atoms with Crippen LogP contribution < -0.4 is 0 Å². The van der Waals surface area contributed by atoms with Crippen molar-refractivity contribution >= 4 is 11.8 Å². The van der Waals surface area contributed by atoms with E-state index in [4.69, 9.17) is 0 Å². The van der Waals surface area contributed by atoms with E-state index in [1.165, 1.54) is 6.42 Å². The lowest BCUT2D eigenvalue weighted by Gasteiger charge is -1.75. The van der Waals surface area contributed by atoms with Gasteiger partial charge < -0.3 is 0 Å². The SMILES string of the molecule is CC[C@H]1S[C@H]1C.